The zero-order chi connectivity index (χ0) is 17.1. The molecule has 0 aromatic carbocycles. The fourth-order valence-corrected chi connectivity index (χ4v) is 5.11. The van der Waals surface area contributed by atoms with Gasteiger partial charge in [-0.3, -0.25) is 25.2 Å². The lowest BCUT2D eigenvalue weighted by molar-refractivity contribution is -0.149. The van der Waals surface area contributed by atoms with Crippen LogP contribution in [0, 0.1) is 29.6 Å². The van der Waals surface area contributed by atoms with E-state index in [0.717, 1.165) is 25.7 Å². The van der Waals surface area contributed by atoms with Crippen LogP contribution in [0.3, 0.4) is 0 Å². The van der Waals surface area contributed by atoms with Gasteiger partial charge in [0.1, 0.15) is 0 Å². The summed E-state index contributed by atoms with van der Waals surface area (Å²) >= 11 is 0. The lowest BCUT2D eigenvalue weighted by atomic mass is 9.79. The van der Waals surface area contributed by atoms with Gasteiger partial charge in [0, 0.05) is 6.42 Å². The second-order valence-corrected chi connectivity index (χ2v) is 7.80. The smallest absolute Gasteiger partial charge is 0.307 e. The molecule has 0 aromatic rings. The van der Waals surface area contributed by atoms with Crippen molar-refractivity contribution in [1.29, 1.82) is 0 Å². The van der Waals surface area contributed by atoms with E-state index < -0.39 is 17.8 Å². The highest BCUT2D eigenvalue weighted by Crippen LogP contribution is 2.52. The van der Waals surface area contributed by atoms with Crippen molar-refractivity contribution in [2.45, 2.75) is 64.2 Å². The Morgan fingerprint density at radius 3 is 2.21 bits per heavy atom. The molecule has 0 unspecified atom stereocenters. The van der Waals surface area contributed by atoms with Gasteiger partial charge in [-0.1, -0.05) is 32.1 Å². The zero-order valence-corrected chi connectivity index (χ0v) is 14.1. The van der Waals surface area contributed by atoms with Gasteiger partial charge in [0.2, 0.25) is 11.8 Å². The normalized spacial score (nSPS) is 32.5. The lowest BCUT2D eigenvalue weighted by Crippen LogP contribution is -2.48. The summed E-state index contributed by atoms with van der Waals surface area (Å²) in [6, 6.07) is 0. The molecular formula is C18H28N2O4. The van der Waals surface area contributed by atoms with Crippen molar-refractivity contribution in [1.82, 2.24) is 10.9 Å². The summed E-state index contributed by atoms with van der Waals surface area (Å²) in [6.45, 7) is 0. The zero-order valence-electron chi connectivity index (χ0n) is 14.1. The largest absolute Gasteiger partial charge is 0.481 e. The van der Waals surface area contributed by atoms with E-state index in [9.17, 15) is 19.5 Å². The molecule has 3 aliphatic rings. The van der Waals surface area contributed by atoms with Gasteiger partial charge in [-0.2, -0.15) is 0 Å². The van der Waals surface area contributed by atoms with Crippen molar-refractivity contribution in [2.24, 2.45) is 29.6 Å². The fourth-order valence-electron chi connectivity index (χ4n) is 5.11. The summed E-state index contributed by atoms with van der Waals surface area (Å²) in [5, 5.41) is 9.39. The van der Waals surface area contributed by atoms with Crippen LogP contribution in [-0.2, 0) is 14.4 Å². The first-order valence-corrected chi connectivity index (χ1v) is 9.37. The molecule has 3 rings (SSSR count). The number of carboxylic acid groups (broad SMARTS) is 1. The molecule has 3 aliphatic carbocycles. The molecule has 3 saturated carbocycles. The Morgan fingerprint density at radius 2 is 1.54 bits per heavy atom. The minimum atomic E-state index is -0.883. The second-order valence-electron chi connectivity index (χ2n) is 7.80. The van der Waals surface area contributed by atoms with E-state index >= 15 is 0 Å². The minimum absolute atomic E-state index is 0.116. The third-order valence-electron chi connectivity index (χ3n) is 6.33. The standard InChI is InChI=1S/C18H28N2O4/c21-14(9-6-11-4-2-1-3-5-11)19-20-17(22)15-12-7-8-13(10-12)16(15)18(23)24/h11-13,15-16H,1-10H2,(H,19,21)(H,20,22)(H,23,24)/t12-,13-,15+,16-/m0/s1. The molecule has 0 heterocycles. The van der Waals surface area contributed by atoms with Gasteiger partial charge in [-0.05, 0) is 43.4 Å². The molecule has 3 N–H and O–H groups in total. The molecule has 6 heteroatoms. The maximum Gasteiger partial charge on any atom is 0.307 e. The van der Waals surface area contributed by atoms with E-state index in [1.54, 1.807) is 0 Å². The highest BCUT2D eigenvalue weighted by molar-refractivity contribution is 5.88. The van der Waals surface area contributed by atoms with Crippen LogP contribution in [0.5, 0.6) is 0 Å². The maximum atomic E-state index is 12.4. The second kappa shape index (κ2) is 7.53. The average Bonchev–Trinajstić information content (AvgIpc) is 3.20. The Bertz CT molecular complexity index is 501. The highest BCUT2D eigenvalue weighted by atomic mass is 16.4. The summed E-state index contributed by atoms with van der Waals surface area (Å²) in [5.74, 6) is -1.60. The average molecular weight is 336 g/mol. The van der Waals surface area contributed by atoms with E-state index in [1.807, 2.05) is 0 Å². The molecule has 0 saturated heterocycles. The number of amides is 2. The molecule has 3 fully saturated rings. The van der Waals surface area contributed by atoms with Gasteiger partial charge in [-0.15, -0.1) is 0 Å². The van der Waals surface area contributed by atoms with Crippen LogP contribution < -0.4 is 10.9 Å². The van der Waals surface area contributed by atoms with Gasteiger partial charge >= 0.3 is 5.97 Å². The van der Waals surface area contributed by atoms with Crippen LogP contribution in [0.1, 0.15) is 64.2 Å². The SMILES string of the molecule is O=C(CCC1CCCCC1)NNC(=O)[C@@H]1[C@H]2CC[C@@H](C2)[C@@H]1C(=O)O. The fraction of sp³-hybridized carbons (Fsp3) is 0.833. The molecule has 2 amide bonds. The van der Waals surface area contributed by atoms with Crippen molar-refractivity contribution < 1.29 is 19.5 Å². The highest BCUT2D eigenvalue weighted by Gasteiger charge is 2.54. The van der Waals surface area contributed by atoms with Crippen LogP contribution in [0.2, 0.25) is 0 Å². The number of hydrogen-bond donors (Lipinski definition) is 3. The van der Waals surface area contributed by atoms with Crippen molar-refractivity contribution in [3.63, 3.8) is 0 Å². The Kier molecular flexibility index (Phi) is 5.41. The number of hydrazine groups is 1. The van der Waals surface area contributed by atoms with E-state index in [4.69, 9.17) is 0 Å². The summed E-state index contributed by atoms with van der Waals surface area (Å²) in [6.07, 6.45) is 10.1. The monoisotopic (exact) mass is 336 g/mol. The number of aliphatic carboxylic acids is 1. The number of nitrogens with one attached hydrogen (secondary N) is 2. The third kappa shape index (κ3) is 3.73. The van der Waals surface area contributed by atoms with Crippen molar-refractivity contribution in [2.75, 3.05) is 0 Å². The molecule has 6 nitrogen and oxygen atoms in total. The van der Waals surface area contributed by atoms with Crippen LogP contribution in [-0.4, -0.2) is 22.9 Å². The molecule has 24 heavy (non-hydrogen) atoms. The Labute approximate surface area is 142 Å². The Morgan fingerprint density at radius 1 is 0.875 bits per heavy atom. The van der Waals surface area contributed by atoms with Gasteiger partial charge in [0.25, 0.3) is 0 Å². The topological polar surface area (TPSA) is 95.5 Å². The number of rotatable bonds is 5. The quantitative estimate of drug-likeness (QED) is 0.671. The summed E-state index contributed by atoms with van der Waals surface area (Å²) in [5.41, 5.74) is 4.97. The van der Waals surface area contributed by atoms with Crippen molar-refractivity contribution >= 4 is 17.8 Å². The molecule has 134 valence electrons. The number of carboxylic acids is 1. The predicted molar refractivity (Wildman–Crippen MR) is 87.5 cm³/mol. The number of carbonyl (C=O) groups excluding carboxylic acids is 2. The Hall–Kier alpha value is -1.59. The predicted octanol–water partition coefficient (Wildman–Crippen LogP) is 2.24. The summed E-state index contributed by atoms with van der Waals surface area (Å²) in [4.78, 5) is 35.8. The van der Waals surface area contributed by atoms with Gasteiger partial charge in [-0.25, -0.2) is 0 Å². The van der Waals surface area contributed by atoms with Gasteiger partial charge in [0.05, 0.1) is 11.8 Å². The van der Waals surface area contributed by atoms with Crippen LogP contribution in [0.25, 0.3) is 0 Å². The molecule has 4 atom stereocenters. The molecule has 0 aliphatic heterocycles. The molecule has 2 bridgehead atoms. The first-order chi connectivity index (χ1) is 11.6. The van der Waals surface area contributed by atoms with Crippen molar-refractivity contribution in [3.8, 4) is 0 Å². The van der Waals surface area contributed by atoms with Gasteiger partial charge < -0.3 is 5.11 Å². The molecular weight excluding hydrogens is 308 g/mol. The molecule has 0 radical (unpaired) electrons. The maximum absolute atomic E-state index is 12.4. The van der Waals surface area contributed by atoms with E-state index in [2.05, 4.69) is 10.9 Å². The first kappa shape index (κ1) is 17.2. The van der Waals surface area contributed by atoms with Crippen molar-refractivity contribution in [3.05, 3.63) is 0 Å². The number of carbonyl (C=O) groups is 3. The third-order valence-corrected chi connectivity index (χ3v) is 6.33. The summed E-state index contributed by atoms with van der Waals surface area (Å²) in [7, 11) is 0. The van der Waals surface area contributed by atoms with E-state index in [1.165, 1.54) is 32.1 Å². The summed E-state index contributed by atoms with van der Waals surface area (Å²) < 4.78 is 0. The minimum Gasteiger partial charge on any atom is -0.481 e. The number of fused-ring (bicyclic) bond motifs is 2. The number of hydrogen-bond acceptors (Lipinski definition) is 3. The molecule has 0 aromatic heterocycles. The van der Waals surface area contributed by atoms with Crippen LogP contribution in [0.4, 0.5) is 0 Å². The van der Waals surface area contributed by atoms with Crippen LogP contribution in [0.15, 0.2) is 0 Å². The first-order valence-electron chi connectivity index (χ1n) is 9.37. The van der Waals surface area contributed by atoms with Crippen LogP contribution >= 0.6 is 0 Å². The van der Waals surface area contributed by atoms with E-state index in [0.29, 0.717) is 12.3 Å². The Balaban J connectivity index is 1.43. The van der Waals surface area contributed by atoms with E-state index in [-0.39, 0.29) is 23.7 Å². The lowest BCUT2D eigenvalue weighted by Gasteiger charge is -2.27. The van der Waals surface area contributed by atoms with Gasteiger partial charge in [0.15, 0.2) is 0 Å². The molecule has 0 spiro atoms.